The lowest BCUT2D eigenvalue weighted by molar-refractivity contribution is -0.241. The first-order chi connectivity index (χ1) is 12.0. The normalized spacial score (nSPS) is 58.8. The molecule has 2 bridgehead atoms. The second kappa shape index (κ2) is 5.30. The van der Waals surface area contributed by atoms with E-state index in [1.165, 1.54) is 0 Å². The molecule has 4 aliphatic rings. The highest BCUT2D eigenvalue weighted by Gasteiger charge is 2.76. The van der Waals surface area contributed by atoms with Crippen LogP contribution in [0.4, 0.5) is 0 Å². The number of fused-ring (bicyclic) bond motifs is 3. The van der Waals surface area contributed by atoms with E-state index < -0.39 is 58.3 Å². The number of aliphatic hydroxyl groups excluding tert-OH is 3. The molecule has 0 unspecified atom stereocenters. The van der Waals surface area contributed by atoms with Crippen molar-refractivity contribution in [3.63, 3.8) is 0 Å². The third kappa shape index (κ3) is 1.79. The zero-order chi connectivity index (χ0) is 19.2. The molecule has 4 N–H and O–H groups in total. The molecule has 0 radical (unpaired) electrons. The number of Topliss-reactive ketones (excluding diaryl/α,β-unsaturated/α-hetero) is 1. The fourth-order valence-corrected chi connectivity index (χ4v) is 7.76. The highest BCUT2D eigenvalue weighted by Crippen LogP contribution is 2.71. The Morgan fingerprint density at radius 2 is 1.73 bits per heavy atom. The Hall–Kier alpha value is -0.980. The van der Waals surface area contributed by atoms with Gasteiger partial charge in [-0.25, -0.2) is 0 Å². The predicted molar refractivity (Wildman–Crippen MR) is 92.0 cm³/mol. The Morgan fingerprint density at radius 3 is 2.35 bits per heavy atom. The molecule has 1 spiro atoms. The second-order valence-electron chi connectivity index (χ2n) is 9.85. The van der Waals surface area contributed by atoms with Crippen LogP contribution >= 0.6 is 0 Å². The van der Waals surface area contributed by atoms with Gasteiger partial charge in [0.2, 0.25) is 0 Å². The summed E-state index contributed by atoms with van der Waals surface area (Å²) in [5, 5.41) is 42.8. The number of aliphatic carboxylic acids is 1. The third-order valence-electron chi connectivity index (χ3n) is 9.04. The number of carboxylic acid groups (broad SMARTS) is 1. The number of hydrogen-bond acceptors (Lipinski definition) is 5. The largest absolute Gasteiger partial charge is 0.481 e. The minimum atomic E-state index is -1.26. The van der Waals surface area contributed by atoms with Crippen molar-refractivity contribution in [1.29, 1.82) is 0 Å². The van der Waals surface area contributed by atoms with Gasteiger partial charge in [-0.1, -0.05) is 20.3 Å². The van der Waals surface area contributed by atoms with E-state index in [0.717, 1.165) is 12.8 Å². The Bertz CT molecular complexity index is 663. The molecule has 0 aromatic rings. The number of carbonyl (C=O) groups excluding carboxylic acids is 1. The van der Waals surface area contributed by atoms with Crippen molar-refractivity contribution in [3.05, 3.63) is 0 Å². The molecular formula is C20H30O6. The Morgan fingerprint density at radius 1 is 1.08 bits per heavy atom. The van der Waals surface area contributed by atoms with Crippen LogP contribution < -0.4 is 0 Å². The lowest BCUT2D eigenvalue weighted by Crippen LogP contribution is -2.69. The number of carboxylic acids is 1. The van der Waals surface area contributed by atoms with E-state index in [9.17, 15) is 30.0 Å². The van der Waals surface area contributed by atoms with Crippen molar-refractivity contribution in [3.8, 4) is 0 Å². The Balaban J connectivity index is 1.89. The average molecular weight is 366 g/mol. The predicted octanol–water partition coefficient (Wildman–Crippen LogP) is 1.21. The van der Waals surface area contributed by atoms with Gasteiger partial charge in [0.15, 0.2) is 0 Å². The van der Waals surface area contributed by atoms with Crippen LogP contribution in [0, 0.1) is 39.9 Å². The average Bonchev–Trinajstić information content (AvgIpc) is 2.69. The lowest BCUT2D eigenvalue weighted by Gasteiger charge is -2.65. The van der Waals surface area contributed by atoms with Crippen molar-refractivity contribution in [1.82, 2.24) is 0 Å². The summed E-state index contributed by atoms with van der Waals surface area (Å²) in [6.45, 7) is 5.51. The van der Waals surface area contributed by atoms with Gasteiger partial charge >= 0.3 is 5.97 Å². The van der Waals surface area contributed by atoms with Gasteiger partial charge in [0, 0.05) is 11.8 Å². The fourth-order valence-electron chi connectivity index (χ4n) is 7.76. The lowest BCUT2D eigenvalue weighted by atomic mass is 9.39. The molecule has 26 heavy (non-hydrogen) atoms. The molecule has 6 nitrogen and oxygen atoms in total. The maximum atomic E-state index is 13.3. The zero-order valence-electron chi connectivity index (χ0n) is 15.7. The molecule has 6 heteroatoms. The first-order valence-corrected chi connectivity index (χ1v) is 9.84. The van der Waals surface area contributed by atoms with Gasteiger partial charge in [0.05, 0.1) is 29.1 Å². The van der Waals surface area contributed by atoms with Crippen LogP contribution in [0.5, 0.6) is 0 Å². The van der Waals surface area contributed by atoms with E-state index in [4.69, 9.17) is 0 Å². The van der Waals surface area contributed by atoms with Crippen LogP contribution in [0.15, 0.2) is 0 Å². The highest BCUT2D eigenvalue weighted by atomic mass is 16.4. The number of aliphatic hydroxyl groups is 3. The van der Waals surface area contributed by atoms with Gasteiger partial charge in [-0.3, -0.25) is 9.59 Å². The Labute approximate surface area is 153 Å². The Kier molecular flexibility index (Phi) is 3.75. The molecule has 4 rings (SSSR count). The van der Waals surface area contributed by atoms with Crippen LogP contribution in [-0.2, 0) is 9.59 Å². The van der Waals surface area contributed by atoms with Crippen LogP contribution in [0.25, 0.3) is 0 Å². The highest BCUT2D eigenvalue weighted by molar-refractivity contribution is 5.92. The zero-order valence-corrected chi connectivity index (χ0v) is 15.7. The molecule has 0 aromatic carbocycles. The minimum Gasteiger partial charge on any atom is -0.481 e. The summed E-state index contributed by atoms with van der Waals surface area (Å²) in [6, 6.07) is 0. The van der Waals surface area contributed by atoms with E-state index in [1.54, 1.807) is 13.8 Å². The molecule has 0 saturated heterocycles. The van der Waals surface area contributed by atoms with Gasteiger partial charge in [-0.05, 0) is 49.9 Å². The number of ketones is 1. The first kappa shape index (κ1) is 18.4. The fraction of sp³-hybridized carbons (Fsp3) is 0.900. The smallest absolute Gasteiger partial charge is 0.309 e. The van der Waals surface area contributed by atoms with Crippen LogP contribution in [0.1, 0.15) is 52.9 Å². The van der Waals surface area contributed by atoms with Gasteiger partial charge in [-0.15, -0.1) is 0 Å². The molecule has 10 atom stereocenters. The van der Waals surface area contributed by atoms with Crippen molar-refractivity contribution in [2.75, 3.05) is 0 Å². The molecule has 4 saturated carbocycles. The maximum Gasteiger partial charge on any atom is 0.309 e. The van der Waals surface area contributed by atoms with E-state index in [-0.39, 0.29) is 18.1 Å². The molecule has 4 aliphatic carbocycles. The number of hydrogen-bond donors (Lipinski definition) is 4. The van der Waals surface area contributed by atoms with Crippen molar-refractivity contribution in [2.24, 2.45) is 39.9 Å². The van der Waals surface area contributed by atoms with Crippen molar-refractivity contribution in [2.45, 2.75) is 71.2 Å². The summed E-state index contributed by atoms with van der Waals surface area (Å²) in [5.74, 6) is -2.73. The summed E-state index contributed by atoms with van der Waals surface area (Å²) in [4.78, 5) is 25.4. The van der Waals surface area contributed by atoms with E-state index in [1.807, 2.05) is 6.92 Å². The number of carbonyl (C=O) groups is 2. The van der Waals surface area contributed by atoms with Crippen LogP contribution in [-0.4, -0.2) is 50.5 Å². The molecule has 146 valence electrons. The van der Waals surface area contributed by atoms with E-state index >= 15 is 0 Å². The second-order valence-corrected chi connectivity index (χ2v) is 9.85. The number of rotatable bonds is 1. The summed E-state index contributed by atoms with van der Waals surface area (Å²) in [5.41, 5.74) is -2.72. The van der Waals surface area contributed by atoms with E-state index in [0.29, 0.717) is 12.8 Å². The maximum absolute atomic E-state index is 13.3. The molecule has 0 aromatic heterocycles. The van der Waals surface area contributed by atoms with Crippen molar-refractivity contribution < 1.29 is 30.0 Å². The van der Waals surface area contributed by atoms with Crippen LogP contribution in [0.3, 0.4) is 0 Å². The summed E-state index contributed by atoms with van der Waals surface area (Å²) < 4.78 is 0. The molecular weight excluding hydrogens is 336 g/mol. The van der Waals surface area contributed by atoms with Crippen molar-refractivity contribution >= 4 is 11.8 Å². The summed E-state index contributed by atoms with van der Waals surface area (Å²) in [6.07, 6.45) is -0.332. The monoisotopic (exact) mass is 366 g/mol. The van der Waals surface area contributed by atoms with E-state index in [2.05, 4.69) is 0 Å². The topological polar surface area (TPSA) is 115 Å². The molecule has 4 fully saturated rings. The molecule has 0 heterocycles. The third-order valence-corrected chi connectivity index (χ3v) is 9.04. The molecule has 0 amide bonds. The first-order valence-electron chi connectivity index (χ1n) is 9.84. The van der Waals surface area contributed by atoms with Gasteiger partial charge in [0.1, 0.15) is 5.78 Å². The van der Waals surface area contributed by atoms with Gasteiger partial charge < -0.3 is 20.4 Å². The summed E-state index contributed by atoms with van der Waals surface area (Å²) in [7, 11) is 0. The van der Waals surface area contributed by atoms with Gasteiger partial charge in [0.25, 0.3) is 0 Å². The minimum absolute atomic E-state index is 0.147. The summed E-state index contributed by atoms with van der Waals surface area (Å²) >= 11 is 0. The molecule has 0 aliphatic heterocycles. The van der Waals surface area contributed by atoms with Crippen LogP contribution in [0.2, 0.25) is 0 Å². The SMILES string of the molecule is C[C@H]1C(=O)[C@@]23[C@H](O)C[C@H]4[C@@](C)(CCC[C@]4(C)C(=O)O)[C@@H]2C[C@H](O)[C@H]1[C@H]3O. The standard InChI is InChI=1S/C20H30O6/c1-9-14-10(21)7-12-18(2)5-4-6-19(3,17(25)26)11(18)8-13(22)20(12,15(9)23)16(14)24/h9-14,16,21-22,24H,4-8H2,1-3H3,(H,25,26)/t9-,10+,11+,12+,13-,14+,16-,18-,19+,20+/m1/s1. The van der Waals surface area contributed by atoms with Gasteiger partial charge in [-0.2, -0.15) is 0 Å². The quantitative estimate of drug-likeness (QED) is 0.554.